The molecule has 20 heavy (non-hydrogen) atoms. The van der Waals surface area contributed by atoms with Crippen molar-refractivity contribution in [1.29, 1.82) is 0 Å². The van der Waals surface area contributed by atoms with Crippen molar-refractivity contribution in [2.45, 2.75) is 39.3 Å². The predicted molar refractivity (Wildman–Crippen MR) is 77.8 cm³/mol. The van der Waals surface area contributed by atoms with Gasteiger partial charge in [0.2, 0.25) is 0 Å². The van der Waals surface area contributed by atoms with E-state index in [1.165, 1.54) is 5.56 Å². The Labute approximate surface area is 120 Å². The van der Waals surface area contributed by atoms with Crippen LogP contribution < -0.4 is 4.74 Å². The van der Waals surface area contributed by atoms with Gasteiger partial charge in [0.1, 0.15) is 5.75 Å². The number of nitrogens with zero attached hydrogens (tertiary/aromatic N) is 1. The molecule has 0 bridgehead atoms. The first-order valence-corrected chi connectivity index (χ1v) is 7.25. The first-order valence-electron chi connectivity index (χ1n) is 7.25. The summed E-state index contributed by atoms with van der Waals surface area (Å²) in [6.45, 7) is 6.42. The van der Waals surface area contributed by atoms with Crippen molar-refractivity contribution in [3.63, 3.8) is 0 Å². The van der Waals surface area contributed by atoms with Crippen molar-refractivity contribution in [2.75, 3.05) is 13.1 Å². The van der Waals surface area contributed by atoms with E-state index in [1.54, 1.807) is 0 Å². The number of ether oxygens (including phenoxy) is 1. The summed E-state index contributed by atoms with van der Waals surface area (Å²) < 4.78 is 5.69. The molecule has 0 amide bonds. The summed E-state index contributed by atoms with van der Waals surface area (Å²) in [4.78, 5) is 13.3. The minimum absolute atomic E-state index is 0.164. The van der Waals surface area contributed by atoms with Crippen molar-refractivity contribution in [3.8, 4) is 5.75 Å². The maximum Gasteiger partial charge on any atom is 0.307 e. The number of hydrogen-bond donors (Lipinski definition) is 1. The van der Waals surface area contributed by atoms with E-state index in [9.17, 15) is 4.79 Å². The highest BCUT2D eigenvalue weighted by molar-refractivity contribution is 5.70. The normalized spacial score (nSPS) is 20.1. The number of rotatable bonds is 5. The molecule has 1 aliphatic rings. The zero-order valence-electron chi connectivity index (χ0n) is 12.2. The zero-order valence-corrected chi connectivity index (χ0v) is 12.2. The van der Waals surface area contributed by atoms with Crippen LogP contribution in [0.1, 0.15) is 32.3 Å². The average molecular weight is 277 g/mol. The van der Waals surface area contributed by atoms with Gasteiger partial charge in [0.15, 0.2) is 0 Å². The number of benzene rings is 1. The topological polar surface area (TPSA) is 49.8 Å². The molecule has 1 heterocycles. The van der Waals surface area contributed by atoms with Crippen LogP contribution in [0.5, 0.6) is 5.75 Å². The molecule has 1 unspecified atom stereocenters. The van der Waals surface area contributed by atoms with Gasteiger partial charge in [0.25, 0.3) is 0 Å². The number of piperidine rings is 1. The van der Waals surface area contributed by atoms with E-state index < -0.39 is 5.97 Å². The molecule has 4 nitrogen and oxygen atoms in total. The maximum absolute atomic E-state index is 11.1. The minimum atomic E-state index is -0.674. The third-order valence-corrected chi connectivity index (χ3v) is 3.53. The van der Waals surface area contributed by atoms with Gasteiger partial charge in [0, 0.05) is 13.1 Å². The molecule has 4 heteroatoms. The Balaban J connectivity index is 1.97. The molecule has 1 fully saturated rings. The van der Waals surface area contributed by atoms with Gasteiger partial charge in [0.05, 0.1) is 12.0 Å². The van der Waals surface area contributed by atoms with Gasteiger partial charge in [-0.2, -0.15) is 0 Å². The summed E-state index contributed by atoms with van der Waals surface area (Å²) in [5.41, 5.74) is 1.18. The van der Waals surface area contributed by atoms with Crippen molar-refractivity contribution >= 4 is 5.97 Å². The predicted octanol–water partition coefficient (Wildman–Crippen LogP) is 2.77. The second-order valence-corrected chi connectivity index (χ2v) is 5.73. The third kappa shape index (κ3) is 4.23. The first-order chi connectivity index (χ1) is 9.54. The molecule has 0 saturated carbocycles. The van der Waals surface area contributed by atoms with E-state index in [4.69, 9.17) is 9.84 Å². The quantitative estimate of drug-likeness (QED) is 0.899. The maximum atomic E-state index is 11.1. The van der Waals surface area contributed by atoms with Gasteiger partial charge in [-0.05, 0) is 50.9 Å². The fourth-order valence-electron chi connectivity index (χ4n) is 2.65. The monoisotopic (exact) mass is 277 g/mol. The molecule has 1 atom stereocenters. The SMILES string of the molecule is CC(C)Oc1cccc(CN2CCCC(C(=O)O)C2)c1. The smallest absolute Gasteiger partial charge is 0.307 e. The molecule has 1 aromatic carbocycles. The lowest BCUT2D eigenvalue weighted by Crippen LogP contribution is -2.38. The highest BCUT2D eigenvalue weighted by Crippen LogP contribution is 2.21. The van der Waals surface area contributed by atoms with Crippen LogP contribution >= 0.6 is 0 Å². The minimum Gasteiger partial charge on any atom is -0.491 e. The first kappa shape index (κ1) is 14.9. The number of carboxylic acids is 1. The van der Waals surface area contributed by atoms with Crippen LogP contribution in [0.25, 0.3) is 0 Å². The van der Waals surface area contributed by atoms with Gasteiger partial charge in [-0.1, -0.05) is 12.1 Å². The van der Waals surface area contributed by atoms with E-state index in [0.29, 0.717) is 6.54 Å². The number of hydrogen-bond acceptors (Lipinski definition) is 3. The molecule has 0 spiro atoms. The second-order valence-electron chi connectivity index (χ2n) is 5.73. The fraction of sp³-hybridized carbons (Fsp3) is 0.562. The molecular formula is C16H23NO3. The molecule has 1 N–H and O–H groups in total. The van der Waals surface area contributed by atoms with Gasteiger partial charge in [-0.25, -0.2) is 0 Å². The molecule has 0 aromatic heterocycles. The van der Waals surface area contributed by atoms with Crippen LogP contribution in [0, 0.1) is 5.92 Å². The number of likely N-dealkylation sites (tertiary alicyclic amines) is 1. The van der Waals surface area contributed by atoms with E-state index in [0.717, 1.165) is 31.7 Å². The van der Waals surface area contributed by atoms with Gasteiger partial charge < -0.3 is 9.84 Å². The van der Waals surface area contributed by atoms with Gasteiger partial charge in [-0.3, -0.25) is 9.69 Å². The summed E-state index contributed by atoms with van der Waals surface area (Å²) >= 11 is 0. The summed E-state index contributed by atoms with van der Waals surface area (Å²) in [7, 11) is 0. The molecule has 0 aliphatic carbocycles. The van der Waals surface area contributed by atoms with E-state index in [-0.39, 0.29) is 12.0 Å². The van der Waals surface area contributed by atoms with Crippen molar-refractivity contribution in [3.05, 3.63) is 29.8 Å². The third-order valence-electron chi connectivity index (χ3n) is 3.53. The van der Waals surface area contributed by atoms with Crippen LogP contribution in [0.2, 0.25) is 0 Å². The molecule has 110 valence electrons. The van der Waals surface area contributed by atoms with Crippen molar-refractivity contribution < 1.29 is 14.6 Å². The second kappa shape index (κ2) is 6.75. The van der Waals surface area contributed by atoms with E-state index in [1.807, 2.05) is 32.0 Å². The largest absolute Gasteiger partial charge is 0.491 e. The average Bonchev–Trinajstić information content (AvgIpc) is 2.38. The van der Waals surface area contributed by atoms with Crippen LogP contribution in [0.4, 0.5) is 0 Å². The van der Waals surface area contributed by atoms with Crippen LogP contribution in [0.3, 0.4) is 0 Å². The van der Waals surface area contributed by atoms with Crippen molar-refractivity contribution in [2.24, 2.45) is 5.92 Å². The van der Waals surface area contributed by atoms with Gasteiger partial charge in [-0.15, -0.1) is 0 Å². The highest BCUT2D eigenvalue weighted by atomic mass is 16.5. The standard InChI is InChI=1S/C16H23NO3/c1-12(2)20-15-7-3-5-13(9-15)10-17-8-4-6-14(11-17)16(18)19/h3,5,7,9,12,14H,4,6,8,10-11H2,1-2H3,(H,18,19). The Hall–Kier alpha value is -1.55. The summed E-state index contributed by atoms with van der Waals surface area (Å²) in [6.07, 6.45) is 1.92. The van der Waals surface area contributed by atoms with Crippen LogP contribution in [0.15, 0.2) is 24.3 Å². The molecule has 1 saturated heterocycles. The zero-order chi connectivity index (χ0) is 14.5. The Morgan fingerprint density at radius 2 is 2.30 bits per heavy atom. The Morgan fingerprint density at radius 3 is 3.00 bits per heavy atom. The molecule has 1 aliphatic heterocycles. The van der Waals surface area contributed by atoms with E-state index >= 15 is 0 Å². The molecular weight excluding hydrogens is 254 g/mol. The number of aliphatic carboxylic acids is 1. The number of carbonyl (C=O) groups is 1. The van der Waals surface area contributed by atoms with Crippen LogP contribution in [-0.4, -0.2) is 35.2 Å². The summed E-state index contributed by atoms with van der Waals surface area (Å²) in [5, 5.41) is 9.12. The number of carboxylic acid groups (broad SMARTS) is 1. The fourth-order valence-corrected chi connectivity index (χ4v) is 2.65. The van der Waals surface area contributed by atoms with Crippen molar-refractivity contribution in [1.82, 2.24) is 4.90 Å². The summed E-state index contributed by atoms with van der Waals surface area (Å²) in [6, 6.07) is 8.06. The molecule has 0 radical (unpaired) electrons. The van der Waals surface area contributed by atoms with E-state index in [2.05, 4.69) is 11.0 Å². The summed E-state index contributed by atoms with van der Waals surface area (Å²) in [5.74, 6) is -0.0188. The molecule has 2 rings (SSSR count). The Morgan fingerprint density at radius 1 is 1.50 bits per heavy atom. The lowest BCUT2D eigenvalue weighted by Gasteiger charge is -2.30. The highest BCUT2D eigenvalue weighted by Gasteiger charge is 2.25. The lowest BCUT2D eigenvalue weighted by molar-refractivity contribution is -0.143. The Kier molecular flexibility index (Phi) is 5.01. The van der Waals surface area contributed by atoms with Crippen LogP contribution in [-0.2, 0) is 11.3 Å². The molecule has 1 aromatic rings. The lowest BCUT2D eigenvalue weighted by atomic mass is 9.98. The Bertz CT molecular complexity index is 459. The van der Waals surface area contributed by atoms with Gasteiger partial charge >= 0.3 is 5.97 Å².